The Morgan fingerprint density at radius 2 is 1.64 bits per heavy atom. The molecule has 5 aromatic rings. The van der Waals surface area contributed by atoms with Crippen LogP contribution >= 0.6 is 0 Å². The Kier molecular flexibility index (Phi) is 12.0. The minimum atomic E-state index is -0.512. The van der Waals surface area contributed by atoms with E-state index in [1.807, 2.05) is 45.9 Å². The van der Waals surface area contributed by atoms with Gasteiger partial charge in [0.05, 0.1) is 23.1 Å². The second-order valence-corrected chi connectivity index (χ2v) is 17.1. The van der Waals surface area contributed by atoms with E-state index in [2.05, 4.69) is 76.3 Å². The van der Waals surface area contributed by atoms with Crippen molar-refractivity contribution in [1.29, 1.82) is 0 Å². The topological polar surface area (TPSA) is 157 Å². The van der Waals surface area contributed by atoms with Crippen molar-refractivity contribution in [3.8, 4) is 11.3 Å². The average molecular weight is 829 g/mol. The lowest BCUT2D eigenvalue weighted by atomic mass is 9.95. The number of urea groups is 1. The van der Waals surface area contributed by atoms with Crippen LogP contribution in [-0.4, -0.2) is 100 Å². The van der Waals surface area contributed by atoms with Crippen LogP contribution in [0, 0.1) is 18.7 Å². The monoisotopic (exact) mass is 828 g/mol. The fourth-order valence-corrected chi connectivity index (χ4v) is 8.12. The number of piperidine rings is 1. The average Bonchev–Trinajstić information content (AvgIpc) is 3.76. The summed E-state index contributed by atoms with van der Waals surface area (Å²) in [5.74, 6) is 0.140. The summed E-state index contributed by atoms with van der Waals surface area (Å²) in [6.07, 6.45) is 5.61. The standard InChI is InChI=1S/C45H53FN12O3/c1-30-25-32(5-6-33(30)27-48-42(60)39-29-58(53-52-39)45(2,3)4)38-13-17-47-43(50-38)49-34-7-9-35(10-8-34)55-23-21-54(22-24-55)28-31-14-18-56(19-15-31)40-12-11-36(26-37(40)46)57-20-16-41(59)51-44(57)61/h5-13,17,25-26,29,31H,14-16,18-24,27-28H2,1-4H3,(H,48,60)(H,47,49,50)(H,51,59,61). The molecule has 5 heterocycles. The van der Waals surface area contributed by atoms with Crippen molar-refractivity contribution in [2.45, 2.75) is 59.0 Å². The van der Waals surface area contributed by atoms with Gasteiger partial charge < -0.3 is 20.4 Å². The molecule has 15 nitrogen and oxygen atoms in total. The van der Waals surface area contributed by atoms with Gasteiger partial charge in [0.15, 0.2) is 5.69 Å². The number of imide groups is 1. The van der Waals surface area contributed by atoms with Crippen LogP contribution in [-0.2, 0) is 16.9 Å². The van der Waals surface area contributed by atoms with E-state index in [0.717, 1.165) is 86.7 Å². The molecule has 3 N–H and O–H groups in total. The molecule has 61 heavy (non-hydrogen) atoms. The number of aromatic nitrogens is 5. The predicted octanol–water partition coefficient (Wildman–Crippen LogP) is 6.10. The first kappa shape index (κ1) is 41.3. The summed E-state index contributed by atoms with van der Waals surface area (Å²) in [7, 11) is 0. The SMILES string of the molecule is Cc1cc(-c2ccnc(Nc3ccc(N4CCN(CC5CCN(c6ccc(N7CCC(=O)NC7=O)cc6F)CC5)CC4)cc3)n2)ccc1CNC(=O)c1cn(C(C)(C)C)nn1. The number of nitrogens with zero attached hydrogens (tertiary/aromatic N) is 9. The number of anilines is 5. The summed E-state index contributed by atoms with van der Waals surface area (Å²) in [6.45, 7) is 15.1. The van der Waals surface area contributed by atoms with Gasteiger partial charge in [-0.2, -0.15) is 0 Å². The van der Waals surface area contributed by atoms with Crippen molar-refractivity contribution in [2.75, 3.05) is 72.4 Å². The highest BCUT2D eigenvalue weighted by Crippen LogP contribution is 2.31. The van der Waals surface area contributed by atoms with E-state index in [1.54, 1.807) is 29.2 Å². The Balaban J connectivity index is 0.779. The third-order valence-electron chi connectivity index (χ3n) is 11.8. The van der Waals surface area contributed by atoms with Crippen LogP contribution in [0.4, 0.5) is 37.9 Å². The number of aryl methyl sites for hydroxylation is 1. The quantitative estimate of drug-likeness (QED) is 0.142. The molecule has 0 saturated carbocycles. The molecule has 3 fully saturated rings. The second-order valence-electron chi connectivity index (χ2n) is 17.1. The van der Waals surface area contributed by atoms with Crippen LogP contribution in [0.2, 0.25) is 0 Å². The Labute approximate surface area is 355 Å². The van der Waals surface area contributed by atoms with Crippen LogP contribution in [0.1, 0.15) is 61.6 Å². The van der Waals surface area contributed by atoms with Crippen LogP contribution in [0.15, 0.2) is 79.1 Å². The molecule has 8 rings (SSSR count). The number of rotatable bonds is 11. The fraction of sp³-hybridized carbons (Fsp3) is 0.400. The zero-order chi connectivity index (χ0) is 42.7. The molecule has 318 valence electrons. The molecule has 0 atom stereocenters. The van der Waals surface area contributed by atoms with E-state index >= 15 is 4.39 Å². The molecule has 3 aliphatic rings. The van der Waals surface area contributed by atoms with Gasteiger partial charge in [0.25, 0.3) is 5.91 Å². The minimum absolute atomic E-state index is 0.202. The number of benzene rings is 3. The maximum Gasteiger partial charge on any atom is 0.328 e. The number of hydrogen-bond acceptors (Lipinski definition) is 11. The van der Waals surface area contributed by atoms with Crippen molar-refractivity contribution >= 4 is 46.5 Å². The number of hydrogen-bond donors (Lipinski definition) is 3. The van der Waals surface area contributed by atoms with Crippen LogP contribution in [0.25, 0.3) is 11.3 Å². The Bertz CT molecular complexity index is 2380. The van der Waals surface area contributed by atoms with Crippen molar-refractivity contribution in [1.82, 2.24) is 40.5 Å². The highest BCUT2D eigenvalue weighted by molar-refractivity contribution is 6.05. The Hall–Kier alpha value is -6.42. The molecule has 3 saturated heterocycles. The lowest BCUT2D eigenvalue weighted by molar-refractivity contribution is -0.120. The van der Waals surface area contributed by atoms with Crippen molar-refractivity contribution in [2.24, 2.45) is 5.92 Å². The first-order valence-electron chi connectivity index (χ1n) is 21.0. The van der Waals surface area contributed by atoms with Crippen LogP contribution < -0.4 is 30.7 Å². The van der Waals surface area contributed by atoms with Gasteiger partial charge in [0, 0.05) is 94.1 Å². The molecular weight excluding hydrogens is 776 g/mol. The molecule has 3 aliphatic heterocycles. The summed E-state index contributed by atoms with van der Waals surface area (Å²) in [4.78, 5) is 54.2. The molecular formula is C45H53FN12O3. The highest BCUT2D eigenvalue weighted by Gasteiger charge is 2.28. The number of piperazine rings is 1. The zero-order valence-electron chi connectivity index (χ0n) is 35.2. The summed E-state index contributed by atoms with van der Waals surface area (Å²) < 4.78 is 16.9. The van der Waals surface area contributed by atoms with Crippen LogP contribution in [0.3, 0.4) is 0 Å². The highest BCUT2D eigenvalue weighted by atomic mass is 19.1. The number of carbonyl (C=O) groups is 3. The summed E-state index contributed by atoms with van der Waals surface area (Å²) in [5.41, 5.74) is 6.91. The van der Waals surface area contributed by atoms with E-state index in [9.17, 15) is 14.4 Å². The van der Waals surface area contributed by atoms with E-state index in [4.69, 9.17) is 4.98 Å². The molecule has 2 aromatic heterocycles. The van der Waals surface area contributed by atoms with Crippen LogP contribution in [0.5, 0.6) is 0 Å². The minimum Gasteiger partial charge on any atom is -0.369 e. The molecule has 0 spiro atoms. The first-order chi connectivity index (χ1) is 29.4. The molecule has 3 aromatic carbocycles. The number of nitrogens with one attached hydrogen (secondary N) is 3. The number of halogens is 1. The van der Waals surface area contributed by atoms with Gasteiger partial charge in [0.1, 0.15) is 5.82 Å². The largest absolute Gasteiger partial charge is 0.369 e. The van der Waals surface area contributed by atoms with Gasteiger partial charge in [0.2, 0.25) is 11.9 Å². The Morgan fingerprint density at radius 1 is 0.885 bits per heavy atom. The smallest absolute Gasteiger partial charge is 0.328 e. The van der Waals surface area contributed by atoms with E-state index < -0.39 is 6.03 Å². The number of carbonyl (C=O) groups excluding carboxylic acids is 3. The molecule has 4 amide bonds. The molecule has 0 unspecified atom stereocenters. The maximum absolute atomic E-state index is 15.2. The molecule has 16 heteroatoms. The van der Waals surface area contributed by atoms with Gasteiger partial charge in [-0.1, -0.05) is 17.3 Å². The first-order valence-corrected chi connectivity index (χ1v) is 21.0. The normalized spacial score (nSPS) is 16.8. The van der Waals surface area contributed by atoms with Crippen molar-refractivity contribution < 1.29 is 18.8 Å². The van der Waals surface area contributed by atoms with Gasteiger partial charge in [-0.25, -0.2) is 23.8 Å². The van der Waals surface area contributed by atoms with E-state index in [1.165, 1.54) is 16.7 Å². The van der Waals surface area contributed by atoms with Crippen molar-refractivity contribution in [3.63, 3.8) is 0 Å². The second kappa shape index (κ2) is 17.7. The van der Waals surface area contributed by atoms with Gasteiger partial charge in [-0.15, -0.1) is 5.10 Å². The lowest BCUT2D eigenvalue weighted by Crippen LogP contribution is -2.49. The summed E-state index contributed by atoms with van der Waals surface area (Å²) in [6, 6.07) is 20.8. The van der Waals surface area contributed by atoms with Crippen molar-refractivity contribution in [3.05, 3.63) is 102 Å². The molecule has 0 radical (unpaired) electrons. The third kappa shape index (κ3) is 9.80. The summed E-state index contributed by atoms with van der Waals surface area (Å²) in [5, 5.41) is 16.7. The van der Waals surface area contributed by atoms with Gasteiger partial charge in [-0.05, 0) is 112 Å². The van der Waals surface area contributed by atoms with Gasteiger partial charge in [-0.3, -0.25) is 24.7 Å². The predicted molar refractivity (Wildman–Crippen MR) is 234 cm³/mol. The number of amides is 4. The van der Waals surface area contributed by atoms with Gasteiger partial charge >= 0.3 is 6.03 Å². The fourth-order valence-electron chi connectivity index (χ4n) is 8.12. The molecule has 0 aliphatic carbocycles. The molecule has 0 bridgehead atoms. The zero-order valence-corrected chi connectivity index (χ0v) is 35.2. The van der Waals surface area contributed by atoms with E-state index in [0.29, 0.717) is 29.8 Å². The maximum atomic E-state index is 15.2. The van der Waals surface area contributed by atoms with E-state index in [-0.39, 0.29) is 41.8 Å². The lowest BCUT2D eigenvalue weighted by Gasteiger charge is -2.40. The summed E-state index contributed by atoms with van der Waals surface area (Å²) >= 11 is 0. The Morgan fingerprint density at radius 3 is 2.33 bits per heavy atom. The third-order valence-corrected chi connectivity index (χ3v) is 11.8.